The average Bonchev–Trinajstić information content (AvgIpc) is 2.39. The van der Waals surface area contributed by atoms with E-state index in [0.29, 0.717) is 0 Å². The van der Waals surface area contributed by atoms with Crippen molar-refractivity contribution in [1.29, 1.82) is 0 Å². The lowest BCUT2D eigenvalue weighted by Crippen LogP contribution is -2.36. The van der Waals surface area contributed by atoms with E-state index in [1.54, 1.807) is 11.9 Å². The van der Waals surface area contributed by atoms with Crippen molar-refractivity contribution in [2.45, 2.75) is 25.7 Å². The Morgan fingerprint density at radius 3 is 2.68 bits per heavy atom. The van der Waals surface area contributed by atoms with Gasteiger partial charge in [0.2, 0.25) is 5.82 Å². The molecule has 19 heavy (non-hydrogen) atoms. The molecule has 0 radical (unpaired) electrons. The summed E-state index contributed by atoms with van der Waals surface area (Å²) in [7, 11) is 1.29. The Kier molecular flexibility index (Phi) is 5.40. The van der Waals surface area contributed by atoms with E-state index >= 15 is 0 Å². The maximum Gasteiger partial charge on any atom is 0.330 e. The third-order valence-electron chi connectivity index (χ3n) is 2.89. The number of methoxy groups -OCH3 is 1. The molecule has 108 valence electrons. The molecule has 0 aliphatic rings. The summed E-state index contributed by atoms with van der Waals surface area (Å²) in [5.41, 5.74) is -1.94. The number of H-pyrrole nitrogens is 1. The van der Waals surface area contributed by atoms with Crippen molar-refractivity contribution >= 4 is 0 Å². The first-order valence-corrected chi connectivity index (χ1v) is 5.73. The number of aliphatic hydroxyl groups excluding tert-OH is 2. The minimum absolute atomic E-state index is 0.0242. The molecule has 1 aromatic rings. The SMILES string of the molecule is CO[C@H](C[C@H](O)C(C)CO)n1cc(F)c(=O)[nH]c1=O. The largest absolute Gasteiger partial charge is 0.396 e. The maximum absolute atomic E-state index is 13.2. The molecule has 0 saturated carbocycles. The number of rotatable bonds is 6. The van der Waals surface area contributed by atoms with Crippen LogP contribution in [0.25, 0.3) is 0 Å². The number of hydrogen-bond donors (Lipinski definition) is 3. The van der Waals surface area contributed by atoms with E-state index in [0.717, 1.165) is 10.8 Å². The van der Waals surface area contributed by atoms with Crippen molar-refractivity contribution in [2.24, 2.45) is 5.92 Å². The normalized spacial score (nSPS) is 16.1. The van der Waals surface area contributed by atoms with Gasteiger partial charge in [0, 0.05) is 26.1 Å². The second kappa shape index (κ2) is 6.60. The van der Waals surface area contributed by atoms with Gasteiger partial charge in [-0.3, -0.25) is 14.3 Å². The Bertz CT molecular complexity index is 527. The van der Waals surface area contributed by atoms with Crippen LogP contribution in [0.15, 0.2) is 15.8 Å². The molecular formula is C11H17FN2O5. The highest BCUT2D eigenvalue weighted by Gasteiger charge is 2.22. The quantitative estimate of drug-likeness (QED) is 0.631. The predicted octanol–water partition coefficient (Wildman–Crippen LogP) is -0.800. The van der Waals surface area contributed by atoms with Gasteiger partial charge in [0.15, 0.2) is 0 Å². The second-order valence-electron chi connectivity index (χ2n) is 4.30. The molecule has 0 spiro atoms. The molecule has 0 aliphatic heterocycles. The number of nitrogens with zero attached hydrogens (tertiary/aromatic N) is 1. The lowest BCUT2D eigenvalue weighted by atomic mass is 10.0. The monoisotopic (exact) mass is 276 g/mol. The van der Waals surface area contributed by atoms with Crippen molar-refractivity contribution < 1.29 is 19.3 Å². The van der Waals surface area contributed by atoms with Crippen LogP contribution in [0.2, 0.25) is 0 Å². The molecule has 0 aliphatic carbocycles. The number of ether oxygens (including phenoxy) is 1. The van der Waals surface area contributed by atoms with Gasteiger partial charge < -0.3 is 14.9 Å². The zero-order valence-corrected chi connectivity index (χ0v) is 10.7. The fourth-order valence-corrected chi connectivity index (χ4v) is 1.56. The third kappa shape index (κ3) is 3.72. The lowest BCUT2D eigenvalue weighted by Gasteiger charge is -2.23. The summed E-state index contributed by atoms with van der Waals surface area (Å²) in [4.78, 5) is 24.3. The third-order valence-corrected chi connectivity index (χ3v) is 2.89. The highest BCUT2D eigenvalue weighted by atomic mass is 19.1. The van der Waals surface area contributed by atoms with Crippen LogP contribution in [0.1, 0.15) is 19.6 Å². The molecule has 1 rings (SSSR count). The minimum atomic E-state index is -1.12. The van der Waals surface area contributed by atoms with Crippen LogP contribution < -0.4 is 11.2 Å². The Morgan fingerprint density at radius 2 is 2.16 bits per heavy atom. The van der Waals surface area contributed by atoms with Gasteiger partial charge in [-0.05, 0) is 0 Å². The molecule has 8 heteroatoms. The Balaban J connectivity index is 3.01. The summed E-state index contributed by atoms with van der Waals surface area (Å²) in [6.45, 7) is 1.39. The van der Waals surface area contributed by atoms with Gasteiger partial charge in [-0.25, -0.2) is 4.79 Å². The van der Waals surface area contributed by atoms with E-state index in [2.05, 4.69) is 0 Å². The molecule has 0 saturated heterocycles. The number of nitrogens with one attached hydrogen (secondary N) is 1. The number of hydrogen-bond acceptors (Lipinski definition) is 5. The van der Waals surface area contributed by atoms with E-state index in [4.69, 9.17) is 9.84 Å². The topological polar surface area (TPSA) is 105 Å². The first-order chi connectivity index (χ1) is 8.90. The zero-order chi connectivity index (χ0) is 14.6. The van der Waals surface area contributed by atoms with Crippen molar-refractivity contribution in [3.05, 3.63) is 32.9 Å². The Hall–Kier alpha value is -1.51. The Morgan fingerprint density at radius 1 is 1.53 bits per heavy atom. The van der Waals surface area contributed by atoms with Crippen LogP contribution in [-0.2, 0) is 4.74 Å². The fourth-order valence-electron chi connectivity index (χ4n) is 1.56. The van der Waals surface area contributed by atoms with Gasteiger partial charge in [0.05, 0.1) is 12.3 Å². The first kappa shape index (κ1) is 15.5. The smallest absolute Gasteiger partial charge is 0.330 e. The van der Waals surface area contributed by atoms with E-state index in [9.17, 15) is 19.1 Å². The van der Waals surface area contributed by atoms with E-state index in [-0.39, 0.29) is 13.0 Å². The van der Waals surface area contributed by atoms with Gasteiger partial charge in [0.25, 0.3) is 5.56 Å². The van der Waals surface area contributed by atoms with Gasteiger partial charge in [-0.1, -0.05) is 6.92 Å². The fraction of sp³-hybridized carbons (Fsp3) is 0.636. The van der Waals surface area contributed by atoms with Gasteiger partial charge in [-0.15, -0.1) is 0 Å². The molecule has 0 aromatic carbocycles. The standard InChI is InChI=1S/C11H17FN2O5/c1-6(5-15)8(16)3-9(19-2)14-4-7(12)10(17)13-11(14)18/h4,6,8-9,15-16H,3,5H2,1-2H3,(H,13,17,18)/t6?,8-,9+/m0/s1. The van der Waals surface area contributed by atoms with Gasteiger partial charge in [-0.2, -0.15) is 4.39 Å². The minimum Gasteiger partial charge on any atom is -0.396 e. The summed E-state index contributed by atoms with van der Waals surface area (Å²) in [5, 5.41) is 18.7. The van der Waals surface area contributed by atoms with Crippen molar-refractivity contribution in [2.75, 3.05) is 13.7 Å². The van der Waals surface area contributed by atoms with Crippen LogP contribution in [0.3, 0.4) is 0 Å². The summed E-state index contributed by atoms with van der Waals surface area (Å²) in [5.74, 6) is -1.53. The van der Waals surface area contributed by atoms with Crippen molar-refractivity contribution in [3.63, 3.8) is 0 Å². The van der Waals surface area contributed by atoms with Crippen LogP contribution in [0.5, 0.6) is 0 Å². The van der Waals surface area contributed by atoms with Gasteiger partial charge in [0.1, 0.15) is 6.23 Å². The molecule has 1 aromatic heterocycles. The average molecular weight is 276 g/mol. The highest BCUT2D eigenvalue weighted by Crippen LogP contribution is 2.17. The molecule has 1 unspecified atom stereocenters. The van der Waals surface area contributed by atoms with Crippen LogP contribution in [0.4, 0.5) is 4.39 Å². The van der Waals surface area contributed by atoms with Crippen LogP contribution in [-0.4, -0.2) is 39.6 Å². The van der Waals surface area contributed by atoms with Crippen molar-refractivity contribution in [3.8, 4) is 0 Å². The highest BCUT2D eigenvalue weighted by molar-refractivity contribution is 4.88. The molecule has 3 N–H and O–H groups in total. The number of halogens is 1. The van der Waals surface area contributed by atoms with E-state index in [1.165, 1.54) is 7.11 Å². The summed E-state index contributed by atoms with van der Waals surface area (Å²) >= 11 is 0. The summed E-state index contributed by atoms with van der Waals surface area (Å²) in [6.07, 6.45) is -1.17. The van der Waals surface area contributed by atoms with Crippen molar-refractivity contribution in [1.82, 2.24) is 9.55 Å². The molecule has 1 heterocycles. The maximum atomic E-state index is 13.2. The van der Waals surface area contributed by atoms with E-state index < -0.39 is 35.3 Å². The molecule has 7 nitrogen and oxygen atoms in total. The Labute approximate surface area is 108 Å². The zero-order valence-electron chi connectivity index (χ0n) is 10.7. The second-order valence-corrected chi connectivity index (χ2v) is 4.30. The number of aromatic nitrogens is 2. The summed E-state index contributed by atoms with van der Waals surface area (Å²) in [6, 6.07) is 0. The van der Waals surface area contributed by atoms with Gasteiger partial charge >= 0.3 is 5.69 Å². The molecule has 0 bridgehead atoms. The lowest BCUT2D eigenvalue weighted by molar-refractivity contribution is -0.0260. The molecule has 0 fully saturated rings. The van der Waals surface area contributed by atoms with E-state index in [1.807, 2.05) is 0 Å². The number of aromatic amines is 1. The first-order valence-electron chi connectivity index (χ1n) is 5.73. The molecule has 3 atom stereocenters. The predicted molar refractivity (Wildman–Crippen MR) is 64.2 cm³/mol. The van der Waals surface area contributed by atoms with Crippen LogP contribution >= 0.6 is 0 Å². The summed E-state index contributed by atoms with van der Waals surface area (Å²) < 4.78 is 19.0. The van der Waals surface area contributed by atoms with Crippen LogP contribution in [0, 0.1) is 11.7 Å². The molecule has 0 amide bonds. The molecular weight excluding hydrogens is 259 g/mol. The number of aliphatic hydroxyl groups is 2.